The molecule has 0 aliphatic heterocycles. The molecule has 190 valence electrons. The van der Waals surface area contributed by atoms with Crippen LogP contribution in [-0.4, -0.2) is 52.7 Å². The number of pyridine rings is 1. The van der Waals surface area contributed by atoms with Gasteiger partial charge in [-0.2, -0.15) is 0 Å². The van der Waals surface area contributed by atoms with Gasteiger partial charge >= 0.3 is 41.5 Å². The van der Waals surface area contributed by atoms with Crippen LogP contribution in [0.4, 0.5) is 0 Å². The van der Waals surface area contributed by atoms with E-state index in [9.17, 15) is 32.8 Å². The van der Waals surface area contributed by atoms with Crippen LogP contribution >= 0.6 is 0 Å². The third kappa shape index (κ3) is 6.64. The number of hydrogen-bond donors (Lipinski definition) is 2. The summed E-state index contributed by atoms with van der Waals surface area (Å²) in [5.41, 5.74) is 3.20. The van der Waals surface area contributed by atoms with Gasteiger partial charge in [0, 0.05) is 11.1 Å². The first kappa shape index (κ1) is 30.6. The summed E-state index contributed by atoms with van der Waals surface area (Å²) in [6.45, 7) is 0. The van der Waals surface area contributed by atoms with Crippen LogP contribution in [0.25, 0.3) is 33.6 Å². The second kappa shape index (κ2) is 12.3. The molecule has 1 aromatic heterocycles. The summed E-state index contributed by atoms with van der Waals surface area (Å²) in [7, 11) is -3.57. The molecule has 12 heteroatoms. The van der Waals surface area contributed by atoms with Crippen molar-refractivity contribution in [3.63, 3.8) is 0 Å². The zero-order valence-electron chi connectivity index (χ0n) is 20.2. The van der Waals surface area contributed by atoms with Gasteiger partial charge in [-0.05, 0) is 59.7 Å². The number of rotatable bonds is 7. The third-order valence-corrected chi connectivity index (χ3v) is 6.30. The van der Waals surface area contributed by atoms with Gasteiger partial charge in [0.1, 0.15) is 15.9 Å². The van der Waals surface area contributed by atoms with Crippen LogP contribution in [0.3, 0.4) is 0 Å². The molecule has 4 aromatic rings. The van der Waals surface area contributed by atoms with Gasteiger partial charge < -0.3 is 25.0 Å². The molecule has 0 bridgehead atoms. The fourth-order valence-corrected chi connectivity index (χ4v) is 4.28. The van der Waals surface area contributed by atoms with E-state index in [4.69, 9.17) is 4.74 Å². The molecule has 0 saturated heterocycles. The zero-order chi connectivity index (χ0) is 26.0. The molecule has 0 aliphatic rings. The van der Waals surface area contributed by atoms with E-state index >= 15 is 0 Å². The minimum absolute atomic E-state index is 0. The van der Waals surface area contributed by atoms with Crippen LogP contribution in [0.1, 0.15) is 20.7 Å². The predicted octanol–water partition coefficient (Wildman–Crippen LogP) is 0.571. The molecule has 4 N–H and O–H groups in total. The van der Waals surface area contributed by atoms with Crippen molar-refractivity contribution < 1.29 is 72.5 Å². The molecule has 1 heterocycles. The second-order valence-electron chi connectivity index (χ2n) is 7.71. The summed E-state index contributed by atoms with van der Waals surface area (Å²) >= 11 is 0. The maximum Gasteiger partial charge on any atom is 1.00 e. The summed E-state index contributed by atoms with van der Waals surface area (Å²) in [5, 5.41) is 18.4. The number of ether oxygens (including phenoxy) is 1. The number of benzene rings is 3. The molecule has 0 amide bonds. The number of hydrogen-bond acceptors (Lipinski definition) is 7. The summed E-state index contributed by atoms with van der Waals surface area (Å²) in [4.78, 5) is 26.6. The van der Waals surface area contributed by atoms with E-state index < -0.39 is 27.0 Å². The topological polar surface area (TPSA) is 185 Å². The van der Waals surface area contributed by atoms with Crippen molar-refractivity contribution in [1.82, 2.24) is 4.98 Å². The van der Waals surface area contributed by atoms with Crippen molar-refractivity contribution in [3.8, 4) is 39.4 Å². The van der Waals surface area contributed by atoms with Crippen LogP contribution in [0, 0.1) is 0 Å². The Balaban J connectivity index is 0.00000253. The summed E-state index contributed by atoms with van der Waals surface area (Å²) < 4.78 is 40.4. The largest absolute Gasteiger partial charge is 1.00 e. The van der Waals surface area contributed by atoms with Gasteiger partial charge in [-0.25, -0.2) is 23.0 Å². The molecule has 0 unspecified atom stereocenters. The minimum atomic E-state index is -4.83. The van der Waals surface area contributed by atoms with E-state index in [0.29, 0.717) is 33.6 Å². The maximum absolute atomic E-state index is 11.8. The van der Waals surface area contributed by atoms with Crippen LogP contribution in [-0.2, 0) is 10.1 Å². The molecule has 10 nitrogen and oxygen atoms in total. The summed E-state index contributed by atoms with van der Waals surface area (Å²) in [5.74, 6) is -2.24. The Hall–Kier alpha value is -3.58. The van der Waals surface area contributed by atoms with Gasteiger partial charge in [0.05, 0.1) is 34.5 Å². The zero-order valence-corrected chi connectivity index (χ0v) is 23.0. The Morgan fingerprint density at radius 2 is 1.16 bits per heavy atom. The van der Waals surface area contributed by atoms with Crippen molar-refractivity contribution in [2.45, 2.75) is 4.90 Å². The van der Waals surface area contributed by atoms with E-state index in [2.05, 4.69) is 4.98 Å². The quantitative estimate of drug-likeness (QED) is 0.247. The molecule has 4 rings (SSSR count). The van der Waals surface area contributed by atoms with Crippen molar-refractivity contribution in [1.29, 1.82) is 0 Å². The van der Waals surface area contributed by atoms with Crippen LogP contribution in [0.5, 0.6) is 5.75 Å². The number of aromatic carboxylic acids is 2. The molecule has 0 aliphatic carbocycles. The van der Waals surface area contributed by atoms with Crippen LogP contribution in [0.15, 0.2) is 83.8 Å². The number of carboxylic acid groups (broad SMARTS) is 2. The molecule has 38 heavy (non-hydrogen) atoms. The average Bonchev–Trinajstić information content (AvgIpc) is 2.87. The van der Waals surface area contributed by atoms with Gasteiger partial charge in [-0.3, -0.25) is 0 Å². The standard InChI is InChI=1S/C26H19NO8S.Na.H2O/c1-35-23-11-10-19(14-24(23)36(32,33)34)20-12-21(15-2-6-17(7-3-15)25(28)29)27-22(13-20)16-4-8-18(9-5-16)26(30)31;;/h2-14H,1H3,(H,28,29)(H,30,31)(H,32,33,34);;1H2/q;+1;/p-1. The van der Waals surface area contributed by atoms with Gasteiger partial charge in [0.2, 0.25) is 0 Å². The first-order valence-electron chi connectivity index (χ1n) is 10.4. The molecule has 0 radical (unpaired) electrons. The first-order valence-corrected chi connectivity index (χ1v) is 11.8. The second-order valence-corrected chi connectivity index (χ2v) is 9.06. The van der Waals surface area contributed by atoms with Crippen LogP contribution < -0.4 is 34.3 Å². The Bertz CT molecular complexity index is 1510. The Labute approximate surface area is 239 Å². The molecule has 0 spiro atoms. The molecule has 0 saturated carbocycles. The number of methoxy groups -OCH3 is 1. The van der Waals surface area contributed by atoms with Gasteiger partial charge in [-0.1, -0.05) is 30.3 Å². The molecule has 0 fully saturated rings. The van der Waals surface area contributed by atoms with Crippen molar-refractivity contribution in [3.05, 3.63) is 90.0 Å². The SMILES string of the molecule is COc1ccc(-c2cc(-c3ccc(C(=O)O)cc3)nc(-c3ccc(C(=O)O)cc3)c2)cc1S(=O)(=O)[O-].O.[Na+]. The van der Waals surface area contributed by atoms with Crippen LogP contribution in [0.2, 0.25) is 0 Å². The Morgan fingerprint density at radius 1 is 0.737 bits per heavy atom. The van der Waals surface area contributed by atoms with Crippen molar-refractivity contribution >= 4 is 22.1 Å². The molecular weight excluding hydrogens is 525 g/mol. The fraction of sp³-hybridized carbons (Fsp3) is 0.0385. The van der Waals surface area contributed by atoms with E-state index in [1.807, 2.05) is 0 Å². The molecule has 3 aromatic carbocycles. The van der Waals surface area contributed by atoms with Gasteiger partial charge in [0.25, 0.3) is 0 Å². The number of carboxylic acids is 2. The number of aromatic nitrogens is 1. The van der Waals surface area contributed by atoms with E-state index in [1.54, 1.807) is 42.5 Å². The minimum Gasteiger partial charge on any atom is -0.744 e. The Kier molecular flexibility index (Phi) is 9.93. The monoisotopic (exact) mass is 545 g/mol. The van der Waals surface area contributed by atoms with Crippen molar-refractivity contribution in [2.75, 3.05) is 7.11 Å². The normalized spacial score (nSPS) is 10.6. The maximum atomic E-state index is 11.8. The fourth-order valence-electron chi connectivity index (χ4n) is 3.61. The van der Waals surface area contributed by atoms with E-state index in [1.165, 1.54) is 43.5 Å². The molecule has 0 atom stereocenters. The van der Waals surface area contributed by atoms with Gasteiger partial charge in [-0.15, -0.1) is 0 Å². The summed E-state index contributed by atoms with van der Waals surface area (Å²) in [6, 6.07) is 19.6. The van der Waals surface area contributed by atoms with E-state index in [-0.39, 0.29) is 51.9 Å². The Morgan fingerprint density at radius 3 is 1.53 bits per heavy atom. The number of carbonyl (C=O) groups is 2. The van der Waals surface area contributed by atoms with Crippen molar-refractivity contribution in [2.24, 2.45) is 0 Å². The summed E-state index contributed by atoms with van der Waals surface area (Å²) in [6.07, 6.45) is 0. The van der Waals surface area contributed by atoms with E-state index in [0.717, 1.165) is 0 Å². The first-order chi connectivity index (χ1) is 17.1. The smallest absolute Gasteiger partial charge is 0.744 e. The molecular formula is C26H20NNaO9S. The van der Waals surface area contributed by atoms with Gasteiger partial charge in [0.15, 0.2) is 0 Å². The average molecular weight is 546 g/mol. The third-order valence-electron chi connectivity index (χ3n) is 5.45. The predicted molar refractivity (Wildman–Crippen MR) is 133 cm³/mol. The number of nitrogens with zero attached hydrogens (tertiary/aromatic N) is 1.